The Balaban J connectivity index is 1.24. The molecule has 1 aromatic carbocycles. The van der Waals surface area contributed by atoms with E-state index in [0.29, 0.717) is 30.8 Å². The Morgan fingerprint density at radius 2 is 2.00 bits per heavy atom. The van der Waals surface area contributed by atoms with Gasteiger partial charge in [-0.05, 0) is 58.2 Å². The zero-order valence-corrected chi connectivity index (χ0v) is 23.0. The van der Waals surface area contributed by atoms with Crippen LogP contribution in [0.15, 0.2) is 47.7 Å². The van der Waals surface area contributed by atoms with Crippen molar-refractivity contribution in [1.29, 1.82) is 0 Å². The number of H-pyrrole nitrogens is 1. The Kier molecular flexibility index (Phi) is 6.29. The molecule has 10 heteroatoms. The van der Waals surface area contributed by atoms with Crippen LogP contribution < -0.4 is 21.1 Å². The number of hydrogen-bond acceptors (Lipinski definition) is 6. The van der Waals surface area contributed by atoms with E-state index >= 15 is 0 Å². The van der Waals surface area contributed by atoms with E-state index < -0.39 is 0 Å². The highest BCUT2D eigenvalue weighted by Crippen LogP contribution is 2.36. The molecule has 204 valence electrons. The van der Waals surface area contributed by atoms with Crippen molar-refractivity contribution in [2.45, 2.75) is 71.2 Å². The summed E-state index contributed by atoms with van der Waals surface area (Å²) in [5, 5.41) is 11.7. The molecule has 10 nitrogen and oxygen atoms in total. The van der Waals surface area contributed by atoms with Crippen molar-refractivity contribution >= 4 is 22.8 Å². The molecular formula is C29H36N8O2. The minimum atomic E-state index is -0.191. The lowest BCUT2D eigenvalue weighted by atomic mass is 10.0. The molecule has 0 saturated heterocycles. The first-order chi connectivity index (χ1) is 18.7. The topological polar surface area (TPSA) is 113 Å². The fourth-order valence-electron chi connectivity index (χ4n) is 5.71. The molecule has 1 amide bonds. The van der Waals surface area contributed by atoms with Crippen LogP contribution in [0.5, 0.6) is 0 Å². The van der Waals surface area contributed by atoms with Gasteiger partial charge < -0.3 is 20.5 Å². The highest BCUT2D eigenvalue weighted by atomic mass is 16.2. The third-order valence-electron chi connectivity index (χ3n) is 7.60. The summed E-state index contributed by atoms with van der Waals surface area (Å²) in [5.41, 5.74) is 4.16. The molecule has 4 heterocycles. The highest BCUT2D eigenvalue weighted by molar-refractivity contribution is 5.97. The first-order valence-corrected chi connectivity index (χ1v) is 13.8. The second-order valence-corrected chi connectivity index (χ2v) is 11.6. The van der Waals surface area contributed by atoms with E-state index in [1.165, 1.54) is 12.8 Å². The maximum atomic E-state index is 13.2. The summed E-state index contributed by atoms with van der Waals surface area (Å²) in [7, 11) is 0. The summed E-state index contributed by atoms with van der Waals surface area (Å²) in [6, 6.07) is 8.62. The van der Waals surface area contributed by atoms with Crippen LogP contribution in [0, 0.1) is 0 Å². The molecule has 0 bridgehead atoms. The number of anilines is 1. The molecule has 3 N–H and O–H groups in total. The van der Waals surface area contributed by atoms with Gasteiger partial charge in [-0.25, -0.2) is 4.98 Å². The number of nitrogens with zero attached hydrogens (tertiary/aromatic N) is 5. The number of aromatic amines is 1. The van der Waals surface area contributed by atoms with E-state index in [4.69, 9.17) is 4.98 Å². The summed E-state index contributed by atoms with van der Waals surface area (Å²) >= 11 is 0. The molecule has 1 aliphatic heterocycles. The summed E-state index contributed by atoms with van der Waals surface area (Å²) in [6.07, 6.45) is 8.05. The largest absolute Gasteiger partial charge is 0.360 e. The van der Waals surface area contributed by atoms with Gasteiger partial charge in [-0.2, -0.15) is 5.10 Å². The van der Waals surface area contributed by atoms with E-state index in [-0.39, 0.29) is 29.6 Å². The summed E-state index contributed by atoms with van der Waals surface area (Å²) < 4.78 is 3.43. The third kappa shape index (κ3) is 4.96. The molecule has 1 aliphatic carbocycles. The van der Waals surface area contributed by atoms with Crippen LogP contribution in [0.4, 0.5) is 5.95 Å². The Hall–Kier alpha value is -3.92. The van der Waals surface area contributed by atoms with E-state index in [9.17, 15) is 9.59 Å². The lowest BCUT2D eigenvalue weighted by Gasteiger charge is -2.35. The van der Waals surface area contributed by atoms with E-state index in [0.717, 1.165) is 34.1 Å². The van der Waals surface area contributed by atoms with E-state index in [1.54, 1.807) is 21.5 Å². The molecule has 0 atom stereocenters. The minimum absolute atomic E-state index is 0.0420. The molecule has 3 aromatic heterocycles. The number of carbonyl (C=O) groups excluding carboxylic acids is 1. The van der Waals surface area contributed by atoms with Gasteiger partial charge in [0.2, 0.25) is 11.9 Å². The number of amides is 1. The van der Waals surface area contributed by atoms with Crippen LogP contribution in [0.1, 0.15) is 40.5 Å². The maximum Gasteiger partial charge on any atom is 0.255 e. The maximum absolute atomic E-state index is 13.2. The van der Waals surface area contributed by atoms with Gasteiger partial charge >= 0.3 is 0 Å². The fraction of sp³-hybridized carbons (Fsp3) is 0.448. The number of rotatable bonds is 9. The smallest absolute Gasteiger partial charge is 0.255 e. The van der Waals surface area contributed by atoms with Crippen LogP contribution in [0.25, 0.3) is 33.3 Å². The van der Waals surface area contributed by atoms with Crippen LogP contribution in [0.3, 0.4) is 0 Å². The van der Waals surface area contributed by atoms with Gasteiger partial charge in [-0.3, -0.25) is 18.8 Å². The second-order valence-electron chi connectivity index (χ2n) is 11.6. The van der Waals surface area contributed by atoms with E-state index in [2.05, 4.69) is 59.4 Å². The van der Waals surface area contributed by atoms with Crippen molar-refractivity contribution in [3.05, 3.63) is 53.2 Å². The van der Waals surface area contributed by atoms with Gasteiger partial charge in [-0.15, -0.1) is 0 Å². The number of nitrogens with one attached hydrogen (secondary N) is 3. The Morgan fingerprint density at radius 3 is 2.77 bits per heavy atom. The quantitative estimate of drug-likeness (QED) is 0.288. The Labute approximate surface area is 227 Å². The zero-order chi connectivity index (χ0) is 27.3. The molecule has 0 unspecified atom stereocenters. The monoisotopic (exact) mass is 528 g/mol. The third-order valence-corrected chi connectivity index (χ3v) is 7.60. The second kappa shape index (κ2) is 9.68. The number of hydrogen-bond donors (Lipinski definition) is 3. The van der Waals surface area contributed by atoms with Crippen LogP contribution in [0.2, 0.25) is 0 Å². The SMILES string of the molecule is CC(C)N1c2nc(-c3c[nH]c4ccc(-c5cnn(CC(=O)NCCNC6CC6)c5)cc34)cc(=O)n2CC1(C)C. The molecule has 39 heavy (non-hydrogen) atoms. The van der Waals surface area contributed by atoms with Crippen molar-refractivity contribution in [3.8, 4) is 22.4 Å². The van der Waals surface area contributed by atoms with Gasteiger partial charge in [0.25, 0.3) is 5.56 Å². The highest BCUT2D eigenvalue weighted by Gasteiger charge is 2.39. The van der Waals surface area contributed by atoms with Crippen molar-refractivity contribution < 1.29 is 4.79 Å². The van der Waals surface area contributed by atoms with Gasteiger partial charge in [0, 0.05) is 65.7 Å². The first-order valence-electron chi connectivity index (χ1n) is 13.8. The fourth-order valence-corrected chi connectivity index (χ4v) is 5.71. The number of benzene rings is 1. The van der Waals surface area contributed by atoms with Gasteiger partial charge in [0.15, 0.2) is 0 Å². The normalized spacial score (nSPS) is 16.3. The van der Waals surface area contributed by atoms with Crippen LogP contribution in [-0.2, 0) is 17.9 Å². The van der Waals surface area contributed by atoms with E-state index in [1.807, 2.05) is 24.5 Å². The van der Waals surface area contributed by atoms with Crippen molar-refractivity contribution in [3.63, 3.8) is 0 Å². The number of carbonyl (C=O) groups is 1. The Bertz CT molecular complexity index is 1590. The Morgan fingerprint density at radius 1 is 1.18 bits per heavy atom. The minimum Gasteiger partial charge on any atom is -0.360 e. The molecule has 4 aromatic rings. The predicted molar refractivity (Wildman–Crippen MR) is 153 cm³/mol. The van der Waals surface area contributed by atoms with Gasteiger partial charge in [0.1, 0.15) is 6.54 Å². The predicted octanol–water partition coefficient (Wildman–Crippen LogP) is 3.13. The molecular weight excluding hydrogens is 492 g/mol. The van der Waals surface area contributed by atoms with Crippen molar-refractivity contribution in [2.75, 3.05) is 18.0 Å². The first kappa shape index (κ1) is 25.4. The summed E-state index contributed by atoms with van der Waals surface area (Å²) in [4.78, 5) is 36.0. The van der Waals surface area contributed by atoms with Gasteiger partial charge in [0.05, 0.1) is 24.0 Å². The number of aromatic nitrogens is 5. The lowest BCUT2D eigenvalue weighted by Crippen LogP contribution is -2.45. The summed E-state index contributed by atoms with van der Waals surface area (Å²) in [6.45, 7) is 10.7. The molecule has 0 radical (unpaired) electrons. The zero-order valence-electron chi connectivity index (χ0n) is 23.0. The van der Waals surface area contributed by atoms with Crippen LogP contribution in [-0.4, -0.2) is 60.9 Å². The average Bonchev–Trinajstić information content (AvgIpc) is 3.29. The molecule has 0 spiro atoms. The molecule has 1 fully saturated rings. The van der Waals surface area contributed by atoms with Crippen LogP contribution >= 0.6 is 0 Å². The van der Waals surface area contributed by atoms with Crippen molar-refractivity contribution in [1.82, 2.24) is 34.9 Å². The molecule has 2 aliphatic rings. The number of fused-ring (bicyclic) bond motifs is 2. The van der Waals surface area contributed by atoms with Crippen molar-refractivity contribution in [2.24, 2.45) is 0 Å². The lowest BCUT2D eigenvalue weighted by molar-refractivity contribution is -0.121. The van der Waals surface area contributed by atoms with Gasteiger partial charge in [-0.1, -0.05) is 6.07 Å². The molecule has 1 saturated carbocycles. The molecule has 6 rings (SSSR count). The average molecular weight is 529 g/mol. The standard InChI is InChI=1S/C29H36N8O2/c1-18(2)37-28-34-25(12-27(39)36(28)17-29(37,3)4)23-14-32-24-8-5-19(11-22(23)24)20-13-33-35(15-20)16-26(38)31-10-9-30-21-6-7-21/h5,8,11-15,18,21,30,32H,6-7,9-10,16-17H2,1-4H3,(H,31,38). The summed E-state index contributed by atoms with van der Waals surface area (Å²) in [5.74, 6) is 0.657.